The van der Waals surface area contributed by atoms with Crippen molar-refractivity contribution >= 4 is 44.6 Å². The lowest BCUT2D eigenvalue weighted by Gasteiger charge is -2.17. The monoisotopic (exact) mass is 450 g/mol. The van der Waals surface area contributed by atoms with E-state index in [1.54, 1.807) is 35.2 Å². The summed E-state index contributed by atoms with van der Waals surface area (Å²) in [6.45, 7) is 3.52. The first-order valence-electron chi connectivity index (χ1n) is 9.41. The van der Waals surface area contributed by atoms with E-state index in [0.717, 1.165) is 11.3 Å². The number of ether oxygens (including phenoxy) is 1. The van der Waals surface area contributed by atoms with Crippen LogP contribution in [-0.4, -0.2) is 39.1 Å². The number of nitrogens with zero attached hydrogens (tertiary/aromatic N) is 1. The van der Waals surface area contributed by atoms with Crippen LogP contribution in [0, 0.1) is 0 Å². The molecule has 0 fully saturated rings. The highest BCUT2D eigenvalue weighted by Crippen LogP contribution is 2.32. The summed E-state index contributed by atoms with van der Waals surface area (Å²) in [5.41, 5.74) is 1.92. The van der Waals surface area contributed by atoms with Crippen molar-refractivity contribution in [3.05, 3.63) is 47.0 Å². The summed E-state index contributed by atoms with van der Waals surface area (Å²) in [6.07, 6.45) is 0.371. The van der Waals surface area contributed by atoms with Gasteiger partial charge in [0.15, 0.2) is 9.84 Å². The smallest absolute Gasteiger partial charge is 0.225 e. The zero-order chi connectivity index (χ0) is 22.1. The maximum Gasteiger partial charge on any atom is 0.225 e. The number of hydrogen-bond acceptors (Lipinski definition) is 5. The Hall–Kier alpha value is -2.58. The molecule has 7 nitrogen and oxygen atoms in total. The van der Waals surface area contributed by atoms with Gasteiger partial charge in [0, 0.05) is 30.6 Å². The van der Waals surface area contributed by atoms with E-state index in [0.29, 0.717) is 29.4 Å². The van der Waals surface area contributed by atoms with Gasteiger partial charge in [0.25, 0.3) is 0 Å². The summed E-state index contributed by atoms with van der Waals surface area (Å²) in [7, 11) is -2.27. The molecule has 9 heteroatoms. The molecular weight excluding hydrogens is 428 g/mol. The van der Waals surface area contributed by atoms with Crippen molar-refractivity contribution in [1.29, 1.82) is 0 Å². The van der Waals surface area contributed by atoms with E-state index in [2.05, 4.69) is 5.32 Å². The average Bonchev–Trinajstić information content (AvgIpc) is 3.11. The molecule has 0 spiro atoms. The highest BCUT2D eigenvalue weighted by Gasteiger charge is 2.29. The molecule has 1 aliphatic heterocycles. The number of anilines is 2. The standard InChI is InChI=1S/C21H23ClN2O5S/c1-13(10-21(26)23-18-12-16(22)4-7-20(18)29-3)30(27,28)17-5-6-19-15(11-17)8-9-24(19)14(2)25/h4-7,11-13H,8-10H2,1-3H3,(H,23,26). The molecule has 2 aromatic carbocycles. The van der Waals surface area contributed by atoms with E-state index < -0.39 is 21.0 Å². The van der Waals surface area contributed by atoms with Crippen molar-refractivity contribution in [2.75, 3.05) is 23.9 Å². The Morgan fingerprint density at radius 2 is 1.97 bits per heavy atom. The minimum Gasteiger partial charge on any atom is -0.495 e. The first-order chi connectivity index (χ1) is 14.1. The third kappa shape index (κ3) is 4.44. The van der Waals surface area contributed by atoms with Gasteiger partial charge in [0.05, 0.1) is 22.9 Å². The number of hydrogen-bond donors (Lipinski definition) is 1. The van der Waals surface area contributed by atoms with E-state index in [9.17, 15) is 18.0 Å². The number of methoxy groups -OCH3 is 1. The molecule has 1 aliphatic rings. The van der Waals surface area contributed by atoms with Crippen LogP contribution in [0.5, 0.6) is 5.75 Å². The van der Waals surface area contributed by atoms with Crippen LogP contribution in [0.1, 0.15) is 25.8 Å². The zero-order valence-corrected chi connectivity index (χ0v) is 18.5. The number of nitrogens with one attached hydrogen (secondary N) is 1. The summed E-state index contributed by atoms with van der Waals surface area (Å²) in [4.78, 5) is 25.9. The molecule has 0 saturated heterocycles. The second-order valence-corrected chi connectivity index (χ2v) is 9.97. The van der Waals surface area contributed by atoms with E-state index in [1.807, 2.05) is 0 Å². The van der Waals surface area contributed by atoms with Crippen LogP contribution >= 0.6 is 11.6 Å². The lowest BCUT2D eigenvalue weighted by molar-refractivity contribution is -0.117. The molecule has 1 unspecified atom stereocenters. The van der Waals surface area contributed by atoms with Gasteiger partial charge < -0.3 is 15.0 Å². The molecule has 3 rings (SSSR count). The van der Waals surface area contributed by atoms with E-state index in [4.69, 9.17) is 16.3 Å². The first kappa shape index (κ1) is 22.1. The van der Waals surface area contributed by atoms with Gasteiger partial charge in [0.2, 0.25) is 11.8 Å². The Morgan fingerprint density at radius 1 is 1.23 bits per heavy atom. The molecule has 0 saturated carbocycles. The highest BCUT2D eigenvalue weighted by atomic mass is 35.5. The van der Waals surface area contributed by atoms with E-state index in [-0.39, 0.29) is 17.2 Å². The van der Waals surface area contributed by atoms with Crippen molar-refractivity contribution in [3.8, 4) is 5.75 Å². The van der Waals surface area contributed by atoms with Crippen LogP contribution in [-0.2, 0) is 25.8 Å². The number of amides is 2. The Labute approximate surface area is 180 Å². The molecule has 1 heterocycles. The van der Waals surface area contributed by atoms with Crippen LogP contribution in [0.2, 0.25) is 5.02 Å². The van der Waals surface area contributed by atoms with Gasteiger partial charge in [-0.05, 0) is 55.3 Å². The molecule has 1 N–H and O–H groups in total. The number of halogens is 1. The van der Waals surface area contributed by atoms with Crippen LogP contribution in [0.25, 0.3) is 0 Å². The third-order valence-electron chi connectivity index (χ3n) is 5.09. The number of carbonyl (C=O) groups excluding carboxylic acids is 2. The van der Waals surface area contributed by atoms with Crippen molar-refractivity contribution in [1.82, 2.24) is 0 Å². The molecule has 0 bridgehead atoms. The van der Waals surface area contributed by atoms with Crippen molar-refractivity contribution in [2.45, 2.75) is 36.8 Å². The topological polar surface area (TPSA) is 92.8 Å². The maximum atomic E-state index is 13.0. The summed E-state index contributed by atoms with van der Waals surface area (Å²) in [5.74, 6) is -0.113. The average molecular weight is 451 g/mol. The van der Waals surface area contributed by atoms with Gasteiger partial charge in [-0.2, -0.15) is 0 Å². The molecule has 1 atom stereocenters. The number of sulfone groups is 1. The van der Waals surface area contributed by atoms with Gasteiger partial charge in [-0.1, -0.05) is 11.6 Å². The summed E-state index contributed by atoms with van der Waals surface area (Å²) in [6, 6.07) is 9.53. The van der Waals surface area contributed by atoms with Crippen LogP contribution in [0.4, 0.5) is 11.4 Å². The molecule has 0 aromatic heterocycles. The minimum atomic E-state index is -3.73. The zero-order valence-electron chi connectivity index (χ0n) is 16.9. The number of rotatable bonds is 6. The van der Waals surface area contributed by atoms with Gasteiger partial charge in [-0.15, -0.1) is 0 Å². The van der Waals surface area contributed by atoms with Crippen LogP contribution in [0.3, 0.4) is 0 Å². The molecule has 0 aliphatic carbocycles. The molecule has 160 valence electrons. The Balaban J connectivity index is 1.75. The predicted molar refractivity (Wildman–Crippen MR) is 116 cm³/mol. The predicted octanol–water partition coefficient (Wildman–Crippen LogP) is 3.45. The molecule has 0 radical (unpaired) electrons. The number of fused-ring (bicyclic) bond motifs is 1. The molecule has 2 amide bonds. The third-order valence-corrected chi connectivity index (χ3v) is 7.47. The largest absolute Gasteiger partial charge is 0.495 e. The summed E-state index contributed by atoms with van der Waals surface area (Å²) < 4.78 is 31.2. The normalized spacial score (nSPS) is 14.2. The Morgan fingerprint density at radius 3 is 2.63 bits per heavy atom. The lowest BCUT2D eigenvalue weighted by Crippen LogP contribution is -2.26. The molecular formula is C21H23ClN2O5S. The summed E-state index contributed by atoms with van der Waals surface area (Å²) >= 11 is 5.96. The Bertz CT molecular complexity index is 1100. The minimum absolute atomic E-state index is 0.0779. The highest BCUT2D eigenvalue weighted by molar-refractivity contribution is 7.92. The van der Waals surface area contributed by atoms with Gasteiger partial charge >= 0.3 is 0 Å². The van der Waals surface area contributed by atoms with Crippen molar-refractivity contribution < 1.29 is 22.7 Å². The Kier molecular flexibility index (Phi) is 6.38. The second-order valence-electron chi connectivity index (χ2n) is 7.16. The fourth-order valence-corrected chi connectivity index (χ4v) is 5.04. The van der Waals surface area contributed by atoms with Gasteiger partial charge in [-0.25, -0.2) is 8.42 Å². The fraction of sp³-hybridized carbons (Fsp3) is 0.333. The lowest BCUT2D eigenvalue weighted by atomic mass is 10.2. The van der Waals surface area contributed by atoms with Gasteiger partial charge in [0.1, 0.15) is 5.75 Å². The van der Waals surface area contributed by atoms with Gasteiger partial charge in [-0.3, -0.25) is 9.59 Å². The number of benzene rings is 2. The van der Waals surface area contributed by atoms with Crippen molar-refractivity contribution in [2.24, 2.45) is 0 Å². The maximum absolute atomic E-state index is 13.0. The van der Waals surface area contributed by atoms with E-state index in [1.165, 1.54) is 27.0 Å². The fourth-order valence-electron chi connectivity index (χ4n) is 3.46. The second kappa shape index (κ2) is 8.65. The van der Waals surface area contributed by atoms with Crippen LogP contribution < -0.4 is 15.0 Å². The summed E-state index contributed by atoms with van der Waals surface area (Å²) in [5, 5.41) is 2.14. The first-order valence-corrected chi connectivity index (χ1v) is 11.3. The number of carbonyl (C=O) groups is 2. The van der Waals surface area contributed by atoms with E-state index >= 15 is 0 Å². The van der Waals surface area contributed by atoms with Crippen LogP contribution in [0.15, 0.2) is 41.3 Å². The van der Waals surface area contributed by atoms with Crippen molar-refractivity contribution in [3.63, 3.8) is 0 Å². The molecule has 30 heavy (non-hydrogen) atoms. The molecule has 2 aromatic rings. The SMILES string of the molecule is COc1ccc(Cl)cc1NC(=O)CC(C)S(=O)(=O)c1ccc2c(c1)CCN2C(C)=O. The quantitative estimate of drug-likeness (QED) is 0.727.